The van der Waals surface area contributed by atoms with Gasteiger partial charge in [0.15, 0.2) is 11.0 Å². The summed E-state index contributed by atoms with van der Waals surface area (Å²) in [7, 11) is 0. The van der Waals surface area contributed by atoms with Gasteiger partial charge in [-0.2, -0.15) is 0 Å². The van der Waals surface area contributed by atoms with Crippen molar-refractivity contribution in [3.63, 3.8) is 0 Å². The van der Waals surface area contributed by atoms with Crippen LogP contribution in [-0.4, -0.2) is 33.0 Å². The van der Waals surface area contributed by atoms with Gasteiger partial charge in [0.05, 0.1) is 10.6 Å². The van der Waals surface area contributed by atoms with E-state index in [2.05, 4.69) is 33.1 Å². The van der Waals surface area contributed by atoms with Crippen LogP contribution in [0.5, 0.6) is 0 Å². The van der Waals surface area contributed by atoms with Gasteiger partial charge in [-0.1, -0.05) is 29.5 Å². The molecule has 0 atom stereocenters. The van der Waals surface area contributed by atoms with Gasteiger partial charge in [-0.15, -0.1) is 21.5 Å². The highest BCUT2D eigenvalue weighted by molar-refractivity contribution is 7.99. The van der Waals surface area contributed by atoms with Crippen LogP contribution < -0.4 is 5.32 Å². The highest BCUT2D eigenvalue weighted by Crippen LogP contribution is 2.27. The summed E-state index contributed by atoms with van der Waals surface area (Å²) in [4.78, 5) is 13.2. The van der Waals surface area contributed by atoms with Gasteiger partial charge in [-0.3, -0.25) is 4.79 Å². The van der Waals surface area contributed by atoms with E-state index >= 15 is 0 Å². The minimum Gasteiger partial charge on any atom is -0.355 e. The molecule has 0 bridgehead atoms. The average Bonchev–Trinajstić information content (AvgIpc) is 3.30. The number of rotatable bonds is 8. The lowest BCUT2D eigenvalue weighted by molar-refractivity contribution is -0.118. The molecule has 0 saturated heterocycles. The summed E-state index contributed by atoms with van der Waals surface area (Å²) in [5.41, 5.74) is 1.49. The third kappa shape index (κ3) is 4.95. The molecule has 7 heteroatoms. The normalized spacial score (nSPS) is 14.4. The van der Waals surface area contributed by atoms with Crippen LogP contribution in [-0.2, 0) is 11.3 Å². The second kappa shape index (κ2) is 9.20. The molecule has 0 aliphatic heterocycles. The third-order valence-corrected chi connectivity index (χ3v) is 6.09. The molecule has 3 rings (SSSR count). The van der Waals surface area contributed by atoms with E-state index < -0.39 is 0 Å². The van der Waals surface area contributed by atoms with Crippen molar-refractivity contribution in [2.75, 3.05) is 12.3 Å². The van der Waals surface area contributed by atoms with Crippen LogP contribution >= 0.6 is 23.1 Å². The third-order valence-electron chi connectivity index (χ3n) is 4.26. The predicted molar refractivity (Wildman–Crippen MR) is 104 cm³/mol. The summed E-state index contributed by atoms with van der Waals surface area (Å²) < 4.78 is 2.07. The molecule has 134 valence electrons. The molecule has 1 amide bonds. The summed E-state index contributed by atoms with van der Waals surface area (Å²) in [6, 6.07) is 4.05. The van der Waals surface area contributed by atoms with Crippen molar-refractivity contribution in [1.82, 2.24) is 20.1 Å². The van der Waals surface area contributed by atoms with E-state index in [1.165, 1.54) is 43.0 Å². The Bertz CT molecular complexity index is 722. The van der Waals surface area contributed by atoms with E-state index in [0.29, 0.717) is 5.75 Å². The number of thioether (sulfide) groups is 1. The molecule has 0 unspecified atom stereocenters. The van der Waals surface area contributed by atoms with Crippen molar-refractivity contribution in [3.05, 3.63) is 29.2 Å². The largest absolute Gasteiger partial charge is 0.355 e. The fraction of sp³-hybridized carbons (Fsp3) is 0.500. The Morgan fingerprint density at radius 2 is 2.32 bits per heavy atom. The Balaban J connectivity index is 1.48. The number of carbonyl (C=O) groups excluding carboxylic acids is 1. The fourth-order valence-corrected chi connectivity index (χ4v) is 4.49. The number of aromatic nitrogens is 3. The van der Waals surface area contributed by atoms with Crippen molar-refractivity contribution >= 4 is 29.0 Å². The lowest BCUT2D eigenvalue weighted by Gasteiger charge is -2.12. The van der Waals surface area contributed by atoms with Crippen LogP contribution in [0, 0.1) is 0 Å². The van der Waals surface area contributed by atoms with E-state index in [0.717, 1.165) is 35.4 Å². The first-order valence-electron chi connectivity index (χ1n) is 8.82. The van der Waals surface area contributed by atoms with Gasteiger partial charge in [0.2, 0.25) is 5.91 Å². The van der Waals surface area contributed by atoms with Gasteiger partial charge >= 0.3 is 0 Å². The van der Waals surface area contributed by atoms with Crippen molar-refractivity contribution in [2.24, 2.45) is 0 Å². The Labute approximate surface area is 156 Å². The lowest BCUT2D eigenvalue weighted by Crippen LogP contribution is -2.26. The Kier molecular flexibility index (Phi) is 6.69. The molecule has 1 aliphatic carbocycles. The maximum absolute atomic E-state index is 12.1. The molecule has 0 aromatic carbocycles. The molecule has 0 fully saturated rings. The zero-order valence-electron chi connectivity index (χ0n) is 14.5. The van der Waals surface area contributed by atoms with Crippen LogP contribution in [0.3, 0.4) is 0 Å². The highest BCUT2D eigenvalue weighted by atomic mass is 32.2. The second-order valence-electron chi connectivity index (χ2n) is 6.02. The number of thiophene rings is 1. The molecular weight excluding hydrogens is 352 g/mol. The summed E-state index contributed by atoms with van der Waals surface area (Å²) >= 11 is 3.10. The van der Waals surface area contributed by atoms with Gasteiger partial charge in [-0.05, 0) is 50.5 Å². The number of hydrogen-bond acceptors (Lipinski definition) is 5. The maximum Gasteiger partial charge on any atom is 0.230 e. The number of carbonyl (C=O) groups is 1. The van der Waals surface area contributed by atoms with Crippen LogP contribution in [0.15, 0.2) is 34.3 Å². The number of allylic oxidation sites excluding steroid dienone is 1. The first-order valence-corrected chi connectivity index (χ1v) is 10.7. The Morgan fingerprint density at radius 3 is 3.04 bits per heavy atom. The average molecular weight is 377 g/mol. The van der Waals surface area contributed by atoms with Crippen LogP contribution in [0.25, 0.3) is 10.7 Å². The van der Waals surface area contributed by atoms with Gasteiger partial charge < -0.3 is 9.88 Å². The summed E-state index contributed by atoms with van der Waals surface area (Å²) in [5, 5.41) is 14.4. The minimum absolute atomic E-state index is 0.0599. The molecule has 5 nitrogen and oxygen atoms in total. The first kappa shape index (κ1) is 18.2. The molecule has 0 spiro atoms. The molecule has 1 aliphatic rings. The number of hydrogen-bond donors (Lipinski definition) is 1. The molecule has 1 N–H and O–H groups in total. The first-order chi connectivity index (χ1) is 12.3. The van der Waals surface area contributed by atoms with E-state index in [9.17, 15) is 4.79 Å². The topological polar surface area (TPSA) is 59.8 Å². The molecule has 0 radical (unpaired) electrons. The monoisotopic (exact) mass is 376 g/mol. The molecule has 25 heavy (non-hydrogen) atoms. The van der Waals surface area contributed by atoms with Crippen molar-refractivity contribution in [2.45, 2.75) is 50.7 Å². The van der Waals surface area contributed by atoms with E-state index in [4.69, 9.17) is 0 Å². The van der Waals surface area contributed by atoms with Crippen LogP contribution in [0.2, 0.25) is 0 Å². The molecule has 2 heterocycles. The standard InChI is InChI=1S/C18H24N4OS2/c1-2-22-17(15-9-6-12-24-15)20-21-18(22)25-13-16(23)19-11-10-14-7-4-3-5-8-14/h6-7,9,12H,2-5,8,10-11,13H2,1H3,(H,19,23). The quantitative estimate of drug-likeness (QED) is 0.556. The van der Waals surface area contributed by atoms with Crippen LogP contribution in [0.1, 0.15) is 39.0 Å². The highest BCUT2D eigenvalue weighted by Gasteiger charge is 2.15. The summed E-state index contributed by atoms with van der Waals surface area (Å²) in [5.74, 6) is 1.32. The number of amides is 1. The van der Waals surface area contributed by atoms with Crippen molar-refractivity contribution in [3.8, 4) is 10.7 Å². The molecular formula is C18H24N4OS2. The zero-order chi connectivity index (χ0) is 17.5. The second-order valence-corrected chi connectivity index (χ2v) is 7.91. The van der Waals surface area contributed by atoms with Gasteiger partial charge in [0.1, 0.15) is 0 Å². The van der Waals surface area contributed by atoms with E-state index in [1.54, 1.807) is 11.3 Å². The van der Waals surface area contributed by atoms with Gasteiger partial charge in [0.25, 0.3) is 0 Å². The Hall–Kier alpha value is -1.60. The minimum atomic E-state index is 0.0599. The van der Waals surface area contributed by atoms with E-state index in [1.807, 2.05) is 17.5 Å². The fourth-order valence-electron chi connectivity index (χ4n) is 2.94. The molecule has 2 aromatic heterocycles. The molecule has 0 saturated carbocycles. The zero-order valence-corrected chi connectivity index (χ0v) is 16.2. The molecule has 2 aromatic rings. The maximum atomic E-state index is 12.1. The van der Waals surface area contributed by atoms with Crippen LogP contribution in [0.4, 0.5) is 0 Å². The summed E-state index contributed by atoms with van der Waals surface area (Å²) in [6.45, 7) is 3.59. The van der Waals surface area contributed by atoms with Gasteiger partial charge in [-0.25, -0.2) is 0 Å². The smallest absolute Gasteiger partial charge is 0.230 e. The number of nitrogens with one attached hydrogen (secondary N) is 1. The van der Waals surface area contributed by atoms with Crippen molar-refractivity contribution in [1.29, 1.82) is 0 Å². The SMILES string of the molecule is CCn1c(SCC(=O)NCCC2=CCCCC2)nnc1-c1cccs1. The Morgan fingerprint density at radius 1 is 1.40 bits per heavy atom. The van der Waals surface area contributed by atoms with E-state index in [-0.39, 0.29) is 5.91 Å². The predicted octanol–water partition coefficient (Wildman–Crippen LogP) is 4.13. The number of nitrogens with zero attached hydrogens (tertiary/aromatic N) is 3. The lowest BCUT2D eigenvalue weighted by atomic mass is 9.97. The van der Waals surface area contributed by atoms with Gasteiger partial charge in [0, 0.05) is 13.1 Å². The van der Waals surface area contributed by atoms with Crippen molar-refractivity contribution < 1.29 is 4.79 Å². The summed E-state index contributed by atoms with van der Waals surface area (Å²) in [6.07, 6.45) is 8.28.